The van der Waals surface area contributed by atoms with Crippen LogP contribution in [0.5, 0.6) is 11.8 Å². The first-order chi connectivity index (χ1) is 23.7. The number of carbonyl (C=O) groups is 1. The van der Waals surface area contributed by atoms with E-state index < -0.39 is 9.84 Å². The van der Waals surface area contributed by atoms with E-state index in [1.54, 1.807) is 19.5 Å². The summed E-state index contributed by atoms with van der Waals surface area (Å²) in [5.74, 6) is 1.17. The second kappa shape index (κ2) is 15.3. The van der Waals surface area contributed by atoms with Gasteiger partial charge in [-0.2, -0.15) is 0 Å². The molecule has 2 aliphatic rings. The molecule has 0 saturated carbocycles. The third kappa shape index (κ3) is 8.13. The maximum atomic E-state index is 11.8. The zero-order valence-corrected chi connectivity index (χ0v) is 29.5. The number of hydrogen-bond acceptors (Lipinski definition) is 11. The number of amides is 1. The van der Waals surface area contributed by atoms with Crippen LogP contribution in [0.1, 0.15) is 37.1 Å². The summed E-state index contributed by atoms with van der Waals surface area (Å²) < 4.78 is 34.7. The van der Waals surface area contributed by atoms with Crippen molar-refractivity contribution in [2.24, 2.45) is 0 Å². The number of hydrogen-bond donors (Lipinski definition) is 3. The molecule has 12 nitrogen and oxygen atoms in total. The Bertz CT molecular complexity index is 1950. The summed E-state index contributed by atoms with van der Waals surface area (Å²) in [6.45, 7) is 1.45. The summed E-state index contributed by atoms with van der Waals surface area (Å²) in [6, 6.07) is 11.4. The van der Waals surface area contributed by atoms with Crippen molar-refractivity contribution < 1.29 is 22.7 Å². The Labute approximate surface area is 295 Å². The Morgan fingerprint density at radius 2 is 1.35 bits per heavy atom. The molecule has 6 rings (SSSR count). The van der Waals surface area contributed by atoms with Crippen LogP contribution in [0.25, 0.3) is 33.6 Å². The monoisotopic (exact) mass is 725 g/mol. The highest BCUT2D eigenvalue weighted by atomic mass is 35.5. The summed E-state index contributed by atoms with van der Waals surface area (Å²) >= 11 is 14.1. The lowest BCUT2D eigenvalue weighted by atomic mass is 9.98. The predicted octanol–water partition coefficient (Wildman–Crippen LogP) is 4.63. The fourth-order valence-corrected chi connectivity index (χ4v) is 8.17. The lowest BCUT2D eigenvalue weighted by molar-refractivity contribution is -0.119. The molecule has 0 spiro atoms. The van der Waals surface area contributed by atoms with Crippen LogP contribution in [0.4, 0.5) is 0 Å². The van der Waals surface area contributed by atoms with Crippen LogP contribution < -0.4 is 25.4 Å². The standard InChI is InChI=1S/C34H37Cl2N7O5S/c1-47-33-28(16-37-15-21-9-10-30(44)41-21)39-17-26(42-33)24-7-3-5-22(31(24)35)23-6-4-8-25(32(23)36)27-18-40-29(34(43-27)48-2)19-38-20-11-13-49(45,46)14-12-20/h3-8,17-18,20-21,37-38H,9-16,19H2,1-2H3,(H,41,44)/t21-/m0/s1. The van der Waals surface area contributed by atoms with Crippen molar-refractivity contribution in [2.75, 3.05) is 32.3 Å². The number of methoxy groups -OCH3 is 2. The number of aromatic nitrogens is 4. The van der Waals surface area contributed by atoms with E-state index in [1.165, 1.54) is 7.11 Å². The van der Waals surface area contributed by atoms with Crippen LogP contribution in [0.15, 0.2) is 48.8 Å². The Balaban J connectivity index is 1.21. The fourth-order valence-electron chi connectivity index (χ4n) is 6.03. The normalized spacial score (nSPS) is 17.6. The predicted molar refractivity (Wildman–Crippen MR) is 188 cm³/mol. The number of nitrogens with zero attached hydrogens (tertiary/aromatic N) is 4. The largest absolute Gasteiger partial charge is 0.480 e. The number of benzene rings is 2. The van der Waals surface area contributed by atoms with Crippen LogP contribution >= 0.6 is 23.2 Å². The highest BCUT2D eigenvalue weighted by Crippen LogP contribution is 2.42. The SMILES string of the molecule is COc1nc(-c2cccc(-c3cccc(-c4cnc(CNC5CCS(=O)(=O)CC5)c(OC)n4)c3Cl)c2Cl)cnc1CNC[C@@H]1CCC(=O)N1. The minimum absolute atomic E-state index is 0.0753. The molecule has 0 unspecified atom stereocenters. The number of ether oxygens (including phenoxy) is 2. The van der Waals surface area contributed by atoms with Crippen molar-refractivity contribution >= 4 is 38.9 Å². The minimum atomic E-state index is -2.94. The fraction of sp³-hybridized carbons (Fsp3) is 0.382. The topological polar surface area (TPSA) is 157 Å². The molecule has 2 aliphatic heterocycles. The van der Waals surface area contributed by atoms with E-state index in [2.05, 4.69) is 25.9 Å². The average molecular weight is 727 g/mol. The number of rotatable bonds is 12. The van der Waals surface area contributed by atoms with Gasteiger partial charge < -0.3 is 25.4 Å². The van der Waals surface area contributed by atoms with Crippen LogP contribution in [0.3, 0.4) is 0 Å². The van der Waals surface area contributed by atoms with Crippen LogP contribution in [0.2, 0.25) is 10.0 Å². The van der Waals surface area contributed by atoms with Gasteiger partial charge in [0.2, 0.25) is 17.7 Å². The molecular formula is C34H37Cl2N7O5S. The molecular weight excluding hydrogens is 689 g/mol. The molecule has 0 radical (unpaired) electrons. The van der Waals surface area contributed by atoms with E-state index in [0.29, 0.717) is 106 Å². The van der Waals surface area contributed by atoms with Crippen molar-refractivity contribution in [1.29, 1.82) is 0 Å². The van der Waals surface area contributed by atoms with Crippen molar-refractivity contribution in [3.05, 3.63) is 70.2 Å². The molecule has 1 atom stereocenters. The van der Waals surface area contributed by atoms with Gasteiger partial charge in [-0.15, -0.1) is 0 Å². The maximum Gasteiger partial charge on any atom is 0.237 e. The molecule has 2 aromatic carbocycles. The highest BCUT2D eigenvalue weighted by Gasteiger charge is 2.25. The van der Waals surface area contributed by atoms with Gasteiger partial charge in [0.25, 0.3) is 0 Å². The molecule has 2 aromatic heterocycles. The summed E-state index contributed by atoms with van der Waals surface area (Å²) in [5.41, 5.74) is 5.03. The molecule has 2 saturated heterocycles. The molecule has 0 aliphatic carbocycles. The summed E-state index contributed by atoms with van der Waals surface area (Å²) in [4.78, 5) is 30.1. The highest BCUT2D eigenvalue weighted by molar-refractivity contribution is 7.91. The van der Waals surface area contributed by atoms with E-state index in [-0.39, 0.29) is 29.5 Å². The molecule has 2 fully saturated rings. The molecule has 1 amide bonds. The lowest BCUT2D eigenvalue weighted by Gasteiger charge is -2.23. The first kappa shape index (κ1) is 35.0. The van der Waals surface area contributed by atoms with Crippen molar-refractivity contribution in [3.63, 3.8) is 0 Å². The van der Waals surface area contributed by atoms with E-state index in [0.717, 1.165) is 6.42 Å². The molecule has 0 bridgehead atoms. The third-order valence-electron chi connectivity index (χ3n) is 8.73. The zero-order chi connectivity index (χ0) is 34.5. The summed E-state index contributed by atoms with van der Waals surface area (Å²) in [6.07, 6.45) is 5.79. The van der Waals surface area contributed by atoms with Crippen LogP contribution in [-0.2, 0) is 27.7 Å². The van der Waals surface area contributed by atoms with Crippen LogP contribution in [0, 0.1) is 0 Å². The molecule has 3 N–H and O–H groups in total. The third-order valence-corrected chi connectivity index (χ3v) is 11.3. The van der Waals surface area contributed by atoms with Gasteiger partial charge in [0.15, 0.2) is 0 Å². The quantitative estimate of drug-likeness (QED) is 0.187. The molecule has 15 heteroatoms. The van der Waals surface area contributed by atoms with Crippen LogP contribution in [-0.4, -0.2) is 78.6 Å². The minimum Gasteiger partial charge on any atom is -0.480 e. The second-order valence-corrected chi connectivity index (χ2v) is 15.1. The number of halogens is 2. The Kier molecular flexibility index (Phi) is 10.9. The first-order valence-corrected chi connectivity index (χ1v) is 18.5. The smallest absolute Gasteiger partial charge is 0.237 e. The average Bonchev–Trinajstić information content (AvgIpc) is 3.52. The van der Waals surface area contributed by atoms with Crippen molar-refractivity contribution in [1.82, 2.24) is 35.9 Å². The van der Waals surface area contributed by atoms with E-state index in [4.69, 9.17) is 42.6 Å². The Morgan fingerprint density at radius 1 is 0.816 bits per heavy atom. The molecule has 49 heavy (non-hydrogen) atoms. The maximum absolute atomic E-state index is 11.8. The van der Waals surface area contributed by atoms with Gasteiger partial charge in [-0.25, -0.2) is 18.4 Å². The number of nitrogens with one attached hydrogen (secondary N) is 3. The molecule has 4 aromatic rings. The van der Waals surface area contributed by atoms with Gasteiger partial charge in [-0.05, 0) is 19.3 Å². The van der Waals surface area contributed by atoms with E-state index in [1.807, 2.05) is 36.4 Å². The lowest BCUT2D eigenvalue weighted by Crippen LogP contribution is -2.37. The van der Waals surface area contributed by atoms with Gasteiger partial charge in [0, 0.05) is 60.4 Å². The zero-order valence-electron chi connectivity index (χ0n) is 27.1. The van der Waals surface area contributed by atoms with Gasteiger partial charge in [-0.1, -0.05) is 59.6 Å². The summed E-state index contributed by atoms with van der Waals surface area (Å²) in [7, 11) is 0.138. The van der Waals surface area contributed by atoms with Gasteiger partial charge >= 0.3 is 0 Å². The Hall–Kier alpha value is -3.88. The Morgan fingerprint density at radius 3 is 1.86 bits per heavy atom. The molecule has 258 valence electrons. The van der Waals surface area contributed by atoms with Gasteiger partial charge in [0.05, 0.1) is 59.6 Å². The van der Waals surface area contributed by atoms with Gasteiger partial charge in [0.1, 0.15) is 21.2 Å². The number of carbonyl (C=O) groups excluding carboxylic acids is 1. The van der Waals surface area contributed by atoms with Crippen molar-refractivity contribution in [2.45, 2.75) is 50.9 Å². The van der Waals surface area contributed by atoms with Gasteiger partial charge in [-0.3, -0.25) is 14.8 Å². The molecule has 4 heterocycles. The van der Waals surface area contributed by atoms with E-state index in [9.17, 15) is 13.2 Å². The number of sulfone groups is 1. The van der Waals surface area contributed by atoms with Crippen molar-refractivity contribution in [3.8, 4) is 45.4 Å². The van der Waals surface area contributed by atoms with E-state index >= 15 is 0 Å². The second-order valence-electron chi connectivity index (χ2n) is 12.0. The first-order valence-electron chi connectivity index (χ1n) is 16.0. The summed E-state index contributed by atoms with van der Waals surface area (Å²) in [5, 5.41) is 10.5.